The first-order chi connectivity index (χ1) is 15.2. The number of carbonyl (C=O) groups is 1. The summed E-state index contributed by atoms with van der Waals surface area (Å²) in [7, 11) is 0. The molecular weight excluding hydrogens is 431 g/mol. The molecule has 1 aliphatic heterocycles. The highest BCUT2D eigenvalue weighted by Gasteiger charge is 2.34. The molecule has 8 nitrogen and oxygen atoms in total. The number of carboxylic acids is 1. The molecular formula is C21H18F3N3O5. The molecule has 11 heteroatoms. The summed E-state index contributed by atoms with van der Waals surface area (Å²) in [5.74, 6) is -5.29. The molecule has 0 aliphatic carbocycles. The normalized spacial score (nSPS) is 18.5. The van der Waals surface area contributed by atoms with E-state index in [1.165, 1.54) is 4.90 Å². The molecule has 1 aliphatic rings. The lowest BCUT2D eigenvalue weighted by Gasteiger charge is -2.20. The van der Waals surface area contributed by atoms with Crippen LogP contribution in [-0.4, -0.2) is 57.1 Å². The van der Waals surface area contributed by atoms with Gasteiger partial charge in [-0.3, -0.25) is 9.36 Å². The average Bonchev–Trinajstić information content (AvgIpc) is 3.17. The van der Waals surface area contributed by atoms with Gasteiger partial charge in [-0.15, -0.1) is 0 Å². The number of pyridine rings is 2. The predicted molar refractivity (Wildman–Crippen MR) is 108 cm³/mol. The molecule has 0 bridgehead atoms. The highest BCUT2D eigenvalue weighted by molar-refractivity contribution is 5.92. The maximum atomic E-state index is 15.0. The number of benzene rings is 1. The first-order valence-corrected chi connectivity index (χ1v) is 9.66. The third-order valence-corrected chi connectivity index (χ3v) is 5.66. The molecule has 3 heterocycles. The third-order valence-electron chi connectivity index (χ3n) is 5.66. The maximum Gasteiger partial charge on any atom is 0.341 e. The van der Waals surface area contributed by atoms with Crippen LogP contribution in [0.3, 0.4) is 0 Å². The molecule has 2 aromatic heterocycles. The van der Waals surface area contributed by atoms with Gasteiger partial charge in [0.15, 0.2) is 17.3 Å². The Kier molecular flexibility index (Phi) is 5.61. The van der Waals surface area contributed by atoms with Crippen LogP contribution in [0.15, 0.2) is 35.3 Å². The van der Waals surface area contributed by atoms with Crippen LogP contribution in [0, 0.1) is 29.3 Å². The zero-order valence-electron chi connectivity index (χ0n) is 16.5. The minimum Gasteiger partial charge on any atom is -0.477 e. The van der Waals surface area contributed by atoms with Gasteiger partial charge in [-0.25, -0.2) is 22.9 Å². The Bertz CT molecular complexity index is 1270. The first kappa shape index (κ1) is 21.8. The summed E-state index contributed by atoms with van der Waals surface area (Å²) >= 11 is 0. The van der Waals surface area contributed by atoms with Gasteiger partial charge in [0.05, 0.1) is 11.1 Å². The Hall–Kier alpha value is -3.44. The van der Waals surface area contributed by atoms with E-state index in [2.05, 4.69) is 4.98 Å². The van der Waals surface area contributed by atoms with Gasteiger partial charge >= 0.3 is 5.97 Å². The van der Waals surface area contributed by atoms with Crippen LogP contribution in [0.2, 0.25) is 0 Å². The number of aliphatic hydroxyl groups is 2. The number of nitrogens with zero attached hydrogens (tertiary/aromatic N) is 3. The van der Waals surface area contributed by atoms with E-state index in [0.29, 0.717) is 6.07 Å². The highest BCUT2D eigenvalue weighted by Crippen LogP contribution is 2.30. The monoisotopic (exact) mass is 449 g/mol. The van der Waals surface area contributed by atoms with Crippen LogP contribution in [0.5, 0.6) is 0 Å². The molecule has 3 aromatic rings. The van der Waals surface area contributed by atoms with Crippen LogP contribution < -0.4 is 10.3 Å². The molecule has 2 unspecified atom stereocenters. The summed E-state index contributed by atoms with van der Waals surface area (Å²) in [5.41, 5.74) is -2.26. The van der Waals surface area contributed by atoms with Crippen LogP contribution in [0.4, 0.5) is 19.0 Å². The Labute approximate surface area is 178 Å². The van der Waals surface area contributed by atoms with Crippen LogP contribution >= 0.6 is 0 Å². The van der Waals surface area contributed by atoms with E-state index in [0.717, 1.165) is 29.0 Å². The quantitative estimate of drug-likeness (QED) is 0.541. The second-order valence-electron chi connectivity index (χ2n) is 7.60. The lowest BCUT2D eigenvalue weighted by Crippen LogP contribution is -2.25. The van der Waals surface area contributed by atoms with E-state index in [1.807, 2.05) is 0 Å². The molecule has 4 rings (SSSR count). The zero-order chi connectivity index (χ0) is 23.2. The molecule has 1 fully saturated rings. The molecule has 0 saturated carbocycles. The van der Waals surface area contributed by atoms with E-state index in [9.17, 15) is 38.1 Å². The average molecular weight is 449 g/mol. The molecule has 0 amide bonds. The van der Waals surface area contributed by atoms with Gasteiger partial charge in [0.1, 0.15) is 17.2 Å². The van der Waals surface area contributed by atoms with E-state index in [-0.39, 0.29) is 55.3 Å². The molecule has 3 N–H and O–H groups in total. The Balaban J connectivity index is 1.98. The van der Waals surface area contributed by atoms with E-state index >= 15 is 0 Å². The topological polar surface area (TPSA) is 116 Å². The number of halogens is 3. The van der Waals surface area contributed by atoms with Gasteiger partial charge in [-0.1, -0.05) is 0 Å². The molecule has 32 heavy (non-hydrogen) atoms. The van der Waals surface area contributed by atoms with Gasteiger partial charge in [-0.05, 0) is 18.2 Å². The van der Waals surface area contributed by atoms with Gasteiger partial charge < -0.3 is 20.2 Å². The maximum absolute atomic E-state index is 15.0. The largest absolute Gasteiger partial charge is 0.477 e. The van der Waals surface area contributed by atoms with Crippen molar-refractivity contribution in [3.63, 3.8) is 0 Å². The van der Waals surface area contributed by atoms with Crippen molar-refractivity contribution in [2.45, 2.75) is 0 Å². The first-order valence-electron chi connectivity index (χ1n) is 9.66. The minimum atomic E-state index is -1.60. The predicted octanol–water partition coefficient (Wildman–Crippen LogP) is 1.54. The number of rotatable bonds is 5. The van der Waals surface area contributed by atoms with E-state index < -0.39 is 39.8 Å². The van der Waals surface area contributed by atoms with Crippen molar-refractivity contribution in [2.75, 3.05) is 31.2 Å². The fourth-order valence-corrected chi connectivity index (χ4v) is 3.97. The summed E-state index contributed by atoms with van der Waals surface area (Å²) in [6, 6.07) is 3.41. The smallest absolute Gasteiger partial charge is 0.341 e. The number of aliphatic hydroxyl groups excluding tert-OH is 2. The zero-order valence-corrected chi connectivity index (χ0v) is 16.5. The number of carboxylic acid groups (broad SMARTS) is 1. The van der Waals surface area contributed by atoms with E-state index in [4.69, 9.17) is 0 Å². The molecule has 1 aromatic carbocycles. The molecule has 0 radical (unpaired) electrons. The van der Waals surface area contributed by atoms with E-state index in [1.54, 1.807) is 0 Å². The number of hydrogen-bond donors (Lipinski definition) is 3. The summed E-state index contributed by atoms with van der Waals surface area (Å²) in [4.78, 5) is 29.9. The fraction of sp³-hybridized carbons (Fsp3) is 0.286. The van der Waals surface area contributed by atoms with Gasteiger partial charge in [0.25, 0.3) is 0 Å². The van der Waals surface area contributed by atoms with Crippen LogP contribution in [-0.2, 0) is 0 Å². The Morgan fingerprint density at radius 1 is 1.06 bits per heavy atom. The minimum absolute atomic E-state index is 0.180. The van der Waals surface area contributed by atoms with Gasteiger partial charge in [-0.2, -0.15) is 0 Å². The number of fused-ring (bicyclic) bond motifs is 1. The molecule has 1 saturated heterocycles. The number of aromatic carboxylic acids is 1. The number of anilines is 1. The van der Waals surface area contributed by atoms with Crippen molar-refractivity contribution in [3.8, 4) is 5.69 Å². The summed E-state index contributed by atoms with van der Waals surface area (Å²) in [6.45, 7) is -0.103. The van der Waals surface area contributed by atoms with Crippen molar-refractivity contribution < 1.29 is 33.3 Å². The number of hydrogen-bond acceptors (Lipinski definition) is 6. The SMILES string of the molecule is O=C(O)c1cn(-c2ccc(F)cc2F)c2nc(N3CC(CO)C(CO)C3)c(F)cc2c1=O. The molecule has 2 atom stereocenters. The van der Waals surface area contributed by atoms with Gasteiger partial charge in [0.2, 0.25) is 5.43 Å². The second kappa shape index (κ2) is 8.24. The van der Waals surface area contributed by atoms with Gasteiger partial charge in [0, 0.05) is 50.4 Å². The van der Waals surface area contributed by atoms with Crippen molar-refractivity contribution in [3.05, 3.63) is 63.7 Å². The lowest BCUT2D eigenvalue weighted by atomic mass is 9.98. The fourth-order valence-electron chi connectivity index (χ4n) is 3.97. The van der Waals surface area contributed by atoms with Crippen LogP contribution in [0.25, 0.3) is 16.7 Å². The summed E-state index contributed by atoms with van der Waals surface area (Å²) < 4.78 is 43.8. The standard InChI is InChI=1S/C21H18F3N3O5/c22-12-1-2-17(15(23)3-12)27-7-14(21(31)32)18(30)13-4-16(24)20(25-19(13)27)26-5-10(8-28)11(6-26)9-29/h1-4,7,10-11,28-29H,5-6,8-9H2,(H,31,32). The van der Waals surface area contributed by atoms with Crippen molar-refractivity contribution in [1.82, 2.24) is 9.55 Å². The third kappa shape index (κ3) is 3.59. The number of aromatic nitrogens is 2. The summed E-state index contributed by atoms with van der Waals surface area (Å²) in [5, 5.41) is 28.0. The van der Waals surface area contributed by atoms with Crippen molar-refractivity contribution >= 4 is 22.8 Å². The summed E-state index contributed by atoms with van der Waals surface area (Å²) in [6.07, 6.45) is 0.856. The Morgan fingerprint density at radius 3 is 2.28 bits per heavy atom. The van der Waals surface area contributed by atoms with Crippen molar-refractivity contribution in [2.24, 2.45) is 11.8 Å². The second-order valence-corrected chi connectivity index (χ2v) is 7.60. The Morgan fingerprint density at radius 2 is 1.72 bits per heavy atom. The lowest BCUT2D eigenvalue weighted by molar-refractivity contribution is 0.0695. The molecule has 0 spiro atoms. The van der Waals surface area contributed by atoms with Crippen LogP contribution in [0.1, 0.15) is 10.4 Å². The molecule has 168 valence electrons. The highest BCUT2D eigenvalue weighted by atomic mass is 19.1. The van der Waals surface area contributed by atoms with Crippen molar-refractivity contribution in [1.29, 1.82) is 0 Å².